The number of carbonyl (C=O) groups excluding carboxylic acids is 1. The number of amides is 1. The van der Waals surface area contributed by atoms with Crippen molar-refractivity contribution in [2.75, 3.05) is 11.9 Å². The number of rotatable bonds is 7. The molecule has 2 aromatic rings. The molecule has 0 fully saturated rings. The lowest BCUT2D eigenvalue weighted by Crippen LogP contribution is -2.20. The molecule has 0 radical (unpaired) electrons. The van der Waals surface area contributed by atoms with Crippen molar-refractivity contribution in [1.82, 2.24) is 0 Å². The van der Waals surface area contributed by atoms with Crippen molar-refractivity contribution in [2.45, 2.75) is 13.3 Å². The normalized spacial score (nSPS) is 10.2. The van der Waals surface area contributed by atoms with Crippen molar-refractivity contribution in [3.8, 4) is 5.75 Å². The van der Waals surface area contributed by atoms with E-state index in [-0.39, 0.29) is 18.2 Å². The van der Waals surface area contributed by atoms with Gasteiger partial charge >= 0.3 is 0 Å². The number of nitro benzene ring substituents is 1. The molecule has 1 N–H and O–H groups in total. The second-order valence-corrected chi connectivity index (χ2v) is 6.22. The van der Waals surface area contributed by atoms with Crippen LogP contribution in [0.15, 0.2) is 53.5 Å². The minimum Gasteiger partial charge on any atom is -0.483 e. The van der Waals surface area contributed by atoms with E-state index in [2.05, 4.69) is 27.8 Å². The highest BCUT2D eigenvalue weighted by molar-refractivity contribution is 9.10. The van der Waals surface area contributed by atoms with Gasteiger partial charge in [0.2, 0.25) is 0 Å². The second-order valence-electron chi connectivity index (χ2n) is 5.36. The first-order chi connectivity index (χ1) is 11.9. The molecule has 6 nitrogen and oxygen atoms in total. The van der Waals surface area contributed by atoms with Gasteiger partial charge in [0.1, 0.15) is 5.75 Å². The van der Waals surface area contributed by atoms with Crippen LogP contribution in [0.4, 0.5) is 11.4 Å². The molecule has 0 unspecified atom stereocenters. The van der Waals surface area contributed by atoms with Gasteiger partial charge in [-0.25, -0.2) is 0 Å². The smallest absolute Gasteiger partial charge is 0.269 e. The largest absolute Gasteiger partial charge is 0.483 e. The summed E-state index contributed by atoms with van der Waals surface area (Å²) in [6, 6.07) is 9.84. The van der Waals surface area contributed by atoms with E-state index in [1.165, 1.54) is 18.2 Å². The molecular weight excluding hydrogens is 388 g/mol. The molecule has 2 aromatic carbocycles. The number of aryl methyl sites for hydroxylation is 1. The Morgan fingerprint density at radius 1 is 1.36 bits per heavy atom. The van der Waals surface area contributed by atoms with Crippen molar-refractivity contribution >= 4 is 33.2 Å². The Morgan fingerprint density at radius 3 is 2.76 bits per heavy atom. The SMILES string of the molecule is C=CCc1cc([N+](=O)[O-])ccc1OCC(=O)Nc1ccc(C)cc1Br. The van der Waals surface area contributed by atoms with Gasteiger partial charge < -0.3 is 10.1 Å². The Hall–Kier alpha value is -2.67. The van der Waals surface area contributed by atoms with Crippen molar-refractivity contribution in [3.05, 3.63) is 74.8 Å². The number of nitrogens with zero attached hydrogens (tertiary/aromatic N) is 1. The van der Waals surface area contributed by atoms with Gasteiger partial charge in [-0.15, -0.1) is 6.58 Å². The topological polar surface area (TPSA) is 81.5 Å². The van der Waals surface area contributed by atoms with Crippen molar-refractivity contribution in [3.63, 3.8) is 0 Å². The maximum atomic E-state index is 12.1. The van der Waals surface area contributed by atoms with Crippen LogP contribution in [0.25, 0.3) is 0 Å². The molecule has 0 atom stereocenters. The van der Waals surface area contributed by atoms with Crippen molar-refractivity contribution < 1.29 is 14.5 Å². The van der Waals surface area contributed by atoms with Crippen molar-refractivity contribution in [2.24, 2.45) is 0 Å². The summed E-state index contributed by atoms with van der Waals surface area (Å²) in [6.45, 7) is 5.38. The van der Waals surface area contributed by atoms with E-state index in [4.69, 9.17) is 4.74 Å². The molecule has 0 aliphatic rings. The fourth-order valence-corrected chi connectivity index (χ4v) is 2.78. The highest BCUT2D eigenvalue weighted by atomic mass is 79.9. The number of nitrogens with one attached hydrogen (secondary N) is 1. The first-order valence-electron chi connectivity index (χ1n) is 7.47. The van der Waals surface area contributed by atoms with Gasteiger partial charge in [0.15, 0.2) is 6.61 Å². The minimum absolute atomic E-state index is 0.0303. The zero-order chi connectivity index (χ0) is 18.4. The molecule has 0 spiro atoms. The number of hydrogen-bond acceptors (Lipinski definition) is 4. The predicted molar refractivity (Wildman–Crippen MR) is 100 cm³/mol. The van der Waals surface area contributed by atoms with E-state index >= 15 is 0 Å². The second kappa shape index (κ2) is 8.43. The maximum Gasteiger partial charge on any atom is 0.269 e. The van der Waals surface area contributed by atoms with Crippen LogP contribution in [0, 0.1) is 17.0 Å². The molecule has 7 heteroatoms. The molecule has 25 heavy (non-hydrogen) atoms. The van der Waals surface area contributed by atoms with Crippen molar-refractivity contribution in [1.29, 1.82) is 0 Å². The molecule has 2 rings (SSSR count). The summed E-state index contributed by atoms with van der Waals surface area (Å²) in [5.41, 5.74) is 2.29. The van der Waals surface area contributed by atoms with Gasteiger partial charge in [0.25, 0.3) is 11.6 Å². The zero-order valence-corrected chi connectivity index (χ0v) is 15.2. The third kappa shape index (κ3) is 5.15. The van der Waals surface area contributed by atoms with Crippen LogP contribution in [0.3, 0.4) is 0 Å². The van der Waals surface area contributed by atoms with Gasteiger partial charge in [0, 0.05) is 22.2 Å². The van der Waals surface area contributed by atoms with Crippen LogP contribution >= 0.6 is 15.9 Å². The van der Waals surface area contributed by atoms with E-state index in [0.29, 0.717) is 23.4 Å². The number of nitro groups is 1. The molecule has 0 aliphatic carbocycles. The summed E-state index contributed by atoms with van der Waals surface area (Å²) in [5, 5.41) is 13.6. The fourth-order valence-electron chi connectivity index (χ4n) is 2.19. The molecule has 0 heterocycles. The van der Waals surface area contributed by atoms with E-state index in [1.807, 2.05) is 19.1 Å². The standard InChI is InChI=1S/C18H17BrN2O4/c1-3-4-13-10-14(21(23)24)6-8-17(13)25-11-18(22)20-16-7-5-12(2)9-15(16)19/h3,5-10H,1,4,11H2,2H3,(H,20,22). The lowest BCUT2D eigenvalue weighted by Gasteiger charge is -2.12. The number of hydrogen-bond donors (Lipinski definition) is 1. The Morgan fingerprint density at radius 2 is 2.12 bits per heavy atom. The number of halogens is 1. The lowest BCUT2D eigenvalue weighted by atomic mass is 10.1. The highest BCUT2D eigenvalue weighted by Crippen LogP contribution is 2.26. The quantitative estimate of drug-likeness (QED) is 0.420. The van der Waals surface area contributed by atoms with E-state index in [0.717, 1.165) is 10.0 Å². The fraction of sp³-hybridized carbons (Fsp3) is 0.167. The Labute approximate surface area is 153 Å². The Balaban J connectivity index is 2.05. The van der Waals surface area contributed by atoms with E-state index in [1.54, 1.807) is 12.1 Å². The van der Waals surface area contributed by atoms with Crippen LogP contribution in [0.5, 0.6) is 5.75 Å². The molecular formula is C18H17BrN2O4. The average Bonchev–Trinajstić information content (AvgIpc) is 2.56. The number of carbonyl (C=O) groups is 1. The summed E-state index contributed by atoms with van der Waals surface area (Å²) in [4.78, 5) is 22.5. The maximum absolute atomic E-state index is 12.1. The van der Waals surface area contributed by atoms with Gasteiger partial charge in [-0.2, -0.15) is 0 Å². The number of benzene rings is 2. The third-order valence-electron chi connectivity index (χ3n) is 3.38. The van der Waals surface area contributed by atoms with Gasteiger partial charge in [-0.1, -0.05) is 12.1 Å². The number of ether oxygens (including phenoxy) is 1. The summed E-state index contributed by atoms with van der Waals surface area (Å²) in [6.07, 6.45) is 2.03. The number of allylic oxidation sites excluding steroid dienone is 1. The zero-order valence-electron chi connectivity index (χ0n) is 13.6. The molecule has 0 bridgehead atoms. The first kappa shape index (κ1) is 18.7. The van der Waals surface area contributed by atoms with Gasteiger partial charge in [-0.05, 0) is 53.0 Å². The molecule has 0 saturated heterocycles. The number of anilines is 1. The van der Waals surface area contributed by atoms with Crippen LogP contribution in [-0.4, -0.2) is 17.4 Å². The lowest BCUT2D eigenvalue weighted by molar-refractivity contribution is -0.384. The Kier molecular flexibility index (Phi) is 6.30. The molecule has 130 valence electrons. The monoisotopic (exact) mass is 404 g/mol. The van der Waals surface area contributed by atoms with Crippen LogP contribution < -0.4 is 10.1 Å². The van der Waals surface area contributed by atoms with Crippen LogP contribution in [-0.2, 0) is 11.2 Å². The third-order valence-corrected chi connectivity index (χ3v) is 4.03. The summed E-state index contributed by atoms with van der Waals surface area (Å²) in [7, 11) is 0. The highest BCUT2D eigenvalue weighted by Gasteiger charge is 2.13. The molecule has 0 aromatic heterocycles. The van der Waals surface area contributed by atoms with Gasteiger partial charge in [0.05, 0.1) is 10.6 Å². The van der Waals surface area contributed by atoms with Gasteiger partial charge in [-0.3, -0.25) is 14.9 Å². The molecule has 1 amide bonds. The minimum atomic E-state index is -0.474. The first-order valence-corrected chi connectivity index (χ1v) is 8.27. The summed E-state index contributed by atoms with van der Waals surface area (Å²) >= 11 is 3.39. The molecule has 0 saturated carbocycles. The predicted octanol–water partition coefficient (Wildman–Crippen LogP) is 4.41. The number of non-ortho nitro benzene ring substituents is 1. The van der Waals surface area contributed by atoms with Crippen LogP contribution in [0.2, 0.25) is 0 Å². The summed E-state index contributed by atoms with van der Waals surface area (Å²) < 4.78 is 6.31. The van der Waals surface area contributed by atoms with E-state index in [9.17, 15) is 14.9 Å². The Bertz CT molecular complexity index is 821. The van der Waals surface area contributed by atoms with E-state index < -0.39 is 4.92 Å². The molecule has 0 aliphatic heterocycles. The summed E-state index contributed by atoms with van der Waals surface area (Å²) in [5.74, 6) is 0.0936. The average molecular weight is 405 g/mol. The van der Waals surface area contributed by atoms with Crippen LogP contribution in [0.1, 0.15) is 11.1 Å².